The Kier molecular flexibility index (Phi) is 10.1. The molecule has 0 bridgehead atoms. The van der Waals surface area contributed by atoms with Crippen molar-refractivity contribution < 1.29 is 22.4 Å². The second-order valence-electron chi connectivity index (χ2n) is 8.56. The average molecular weight is 526 g/mol. The van der Waals surface area contributed by atoms with Gasteiger partial charge in [-0.1, -0.05) is 49.7 Å². The Hall–Kier alpha value is -2.65. The van der Waals surface area contributed by atoms with E-state index in [9.17, 15) is 22.4 Å². The summed E-state index contributed by atoms with van der Waals surface area (Å²) in [4.78, 5) is 28.1. The van der Waals surface area contributed by atoms with Crippen molar-refractivity contribution in [3.05, 3.63) is 64.4 Å². The monoisotopic (exact) mass is 525 g/mol. The molecule has 10 heteroatoms. The van der Waals surface area contributed by atoms with E-state index in [1.165, 1.54) is 11.0 Å². The number of nitrogens with one attached hydrogen (secondary N) is 1. The van der Waals surface area contributed by atoms with E-state index < -0.39 is 34.3 Å². The van der Waals surface area contributed by atoms with Crippen molar-refractivity contribution in [3.8, 4) is 0 Å². The van der Waals surface area contributed by atoms with E-state index in [1.54, 1.807) is 6.92 Å². The summed E-state index contributed by atoms with van der Waals surface area (Å²) in [6, 6.07) is 10.0. The summed E-state index contributed by atoms with van der Waals surface area (Å²) in [5, 5.41) is 2.66. The molecule has 0 unspecified atom stereocenters. The third-order valence-corrected chi connectivity index (χ3v) is 7.29. The zero-order chi connectivity index (χ0) is 26.3. The van der Waals surface area contributed by atoms with Crippen LogP contribution in [-0.4, -0.2) is 50.0 Å². The van der Waals surface area contributed by atoms with Gasteiger partial charge in [-0.25, -0.2) is 12.8 Å². The predicted molar refractivity (Wildman–Crippen MR) is 137 cm³/mol. The van der Waals surface area contributed by atoms with Crippen molar-refractivity contribution >= 4 is 39.1 Å². The van der Waals surface area contributed by atoms with E-state index in [0.29, 0.717) is 6.42 Å². The minimum atomic E-state index is -3.93. The van der Waals surface area contributed by atoms with Gasteiger partial charge in [0.2, 0.25) is 21.8 Å². The molecule has 0 radical (unpaired) electrons. The lowest BCUT2D eigenvalue weighted by Gasteiger charge is -2.33. The number of hydrogen-bond acceptors (Lipinski definition) is 4. The minimum Gasteiger partial charge on any atom is -0.352 e. The van der Waals surface area contributed by atoms with Gasteiger partial charge < -0.3 is 10.2 Å². The Morgan fingerprint density at radius 3 is 2.31 bits per heavy atom. The van der Waals surface area contributed by atoms with E-state index in [2.05, 4.69) is 5.32 Å². The van der Waals surface area contributed by atoms with Crippen molar-refractivity contribution in [2.24, 2.45) is 0 Å². The molecule has 2 aromatic rings. The van der Waals surface area contributed by atoms with Gasteiger partial charge in [-0.15, -0.1) is 0 Å². The molecular weight excluding hydrogens is 493 g/mol. The van der Waals surface area contributed by atoms with E-state index in [1.807, 2.05) is 45.0 Å². The molecule has 2 aromatic carbocycles. The molecule has 1 N–H and O–H groups in total. The number of halogens is 2. The van der Waals surface area contributed by atoms with Crippen LogP contribution in [0.1, 0.15) is 44.7 Å². The summed E-state index contributed by atoms with van der Waals surface area (Å²) in [5.74, 6) is -1.58. The third-order valence-electron chi connectivity index (χ3n) is 5.86. The average Bonchev–Trinajstić information content (AvgIpc) is 2.79. The summed E-state index contributed by atoms with van der Waals surface area (Å²) in [7, 11) is -3.93. The van der Waals surface area contributed by atoms with Crippen LogP contribution in [0.25, 0.3) is 0 Å². The van der Waals surface area contributed by atoms with E-state index >= 15 is 0 Å². The Labute approximate surface area is 212 Å². The lowest BCUT2D eigenvalue weighted by molar-refractivity contribution is -0.140. The van der Waals surface area contributed by atoms with E-state index in [4.69, 9.17) is 11.6 Å². The molecule has 2 atom stereocenters. The zero-order valence-corrected chi connectivity index (χ0v) is 22.3. The molecule has 0 fully saturated rings. The molecule has 0 spiro atoms. The second-order valence-corrected chi connectivity index (χ2v) is 10.9. The van der Waals surface area contributed by atoms with E-state index in [-0.39, 0.29) is 29.2 Å². The molecule has 192 valence electrons. The lowest BCUT2D eigenvalue weighted by Crippen LogP contribution is -2.53. The SMILES string of the molecule is CC[C@H](C)NC(=O)[C@H](CC)N(Cc1ccccc1C)C(=O)CN(c1ccc(F)c(Cl)c1)S(C)(=O)=O. The fraction of sp³-hybridized carbons (Fsp3) is 0.440. The lowest BCUT2D eigenvalue weighted by atomic mass is 10.1. The molecule has 0 heterocycles. The third kappa shape index (κ3) is 7.67. The van der Waals surface area contributed by atoms with E-state index in [0.717, 1.165) is 40.2 Å². The van der Waals surface area contributed by atoms with Crippen LogP contribution in [0.3, 0.4) is 0 Å². The van der Waals surface area contributed by atoms with Crippen LogP contribution in [0.4, 0.5) is 10.1 Å². The maximum atomic E-state index is 13.7. The van der Waals surface area contributed by atoms with Gasteiger partial charge in [0.1, 0.15) is 18.4 Å². The number of benzene rings is 2. The van der Waals surface area contributed by atoms with Crippen molar-refractivity contribution in [1.82, 2.24) is 10.2 Å². The zero-order valence-electron chi connectivity index (χ0n) is 20.7. The van der Waals surface area contributed by atoms with Crippen LogP contribution >= 0.6 is 11.6 Å². The van der Waals surface area contributed by atoms with Crippen LogP contribution in [0.15, 0.2) is 42.5 Å². The van der Waals surface area contributed by atoms with Crippen LogP contribution in [0.2, 0.25) is 5.02 Å². The Bertz CT molecular complexity index is 1160. The number of carbonyl (C=O) groups excluding carboxylic acids is 2. The van der Waals surface area contributed by atoms with Crippen molar-refractivity contribution in [1.29, 1.82) is 0 Å². The van der Waals surface area contributed by atoms with Crippen molar-refractivity contribution in [2.45, 2.75) is 59.2 Å². The largest absolute Gasteiger partial charge is 0.352 e. The number of rotatable bonds is 11. The smallest absolute Gasteiger partial charge is 0.244 e. The second kappa shape index (κ2) is 12.4. The van der Waals surface area contributed by atoms with Crippen LogP contribution in [0, 0.1) is 12.7 Å². The molecule has 0 aliphatic carbocycles. The van der Waals surface area contributed by atoms with Crippen LogP contribution in [-0.2, 0) is 26.2 Å². The first-order valence-electron chi connectivity index (χ1n) is 11.5. The minimum absolute atomic E-state index is 0.0557. The molecule has 2 amide bonds. The molecule has 2 rings (SSSR count). The number of aryl methyl sites for hydroxylation is 1. The highest BCUT2D eigenvalue weighted by molar-refractivity contribution is 7.92. The maximum Gasteiger partial charge on any atom is 0.244 e. The summed E-state index contributed by atoms with van der Waals surface area (Å²) in [5.41, 5.74) is 1.83. The topological polar surface area (TPSA) is 86.8 Å². The van der Waals surface area contributed by atoms with Gasteiger partial charge in [-0.3, -0.25) is 13.9 Å². The fourth-order valence-electron chi connectivity index (χ4n) is 3.59. The Morgan fingerprint density at radius 1 is 1.11 bits per heavy atom. The number of amides is 2. The standard InChI is InChI=1S/C25H33ClFN3O4S/c1-6-18(4)28-25(32)23(7-2)29(15-19-11-9-8-10-17(19)3)24(31)16-30(35(5,33)34)20-12-13-22(27)21(26)14-20/h8-14,18,23H,6-7,15-16H2,1-5H3,(H,28,32)/t18-,23-/m0/s1. The molecule has 0 aromatic heterocycles. The number of sulfonamides is 1. The maximum absolute atomic E-state index is 13.7. The molecule has 35 heavy (non-hydrogen) atoms. The van der Waals surface area contributed by atoms with Gasteiger partial charge in [-0.2, -0.15) is 0 Å². The molecule has 0 saturated carbocycles. The fourth-order valence-corrected chi connectivity index (χ4v) is 4.60. The summed E-state index contributed by atoms with van der Waals surface area (Å²) >= 11 is 5.86. The van der Waals surface area contributed by atoms with Crippen LogP contribution < -0.4 is 9.62 Å². The van der Waals surface area contributed by atoms with Gasteiger partial charge in [0.05, 0.1) is 17.0 Å². The molecule has 0 saturated heterocycles. The van der Waals surface area contributed by atoms with Gasteiger partial charge >= 0.3 is 0 Å². The number of hydrogen-bond donors (Lipinski definition) is 1. The molecule has 7 nitrogen and oxygen atoms in total. The summed E-state index contributed by atoms with van der Waals surface area (Å²) < 4.78 is 39.7. The molecular formula is C25H33ClFN3O4S. The van der Waals surface area contributed by atoms with Crippen LogP contribution in [0.5, 0.6) is 0 Å². The Morgan fingerprint density at radius 2 is 1.77 bits per heavy atom. The predicted octanol–water partition coefficient (Wildman–Crippen LogP) is 4.28. The Balaban J connectivity index is 2.47. The summed E-state index contributed by atoms with van der Waals surface area (Å²) in [6.45, 7) is 7.08. The molecule has 0 aliphatic heterocycles. The molecule has 0 aliphatic rings. The number of anilines is 1. The first kappa shape index (κ1) is 28.6. The van der Waals surface area contributed by atoms with Gasteiger partial charge in [0.25, 0.3) is 0 Å². The number of nitrogens with zero attached hydrogens (tertiary/aromatic N) is 2. The van der Waals surface area contributed by atoms with Gasteiger partial charge in [0, 0.05) is 12.6 Å². The van der Waals surface area contributed by atoms with Crippen molar-refractivity contribution in [3.63, 3.8) is 0 Å². The highest BCUT2D eigenvalue weighted by Crippen LogP contribution is 2.25. The van der Waals surface area contributed by atoms with Gasteiger partial charge in [-0.05, 0) is 56.0 Å². The first-order chi connectivity index (χ1) is 16.4. The summed E-state index contributed by atoms with van der Waals surface area (Å²) in [6.07, 6.45) is 2.01. The van der Waals surface area contributed by atoms with Gasteiger partial charge in [0.15, 0.2) is 0 Å². The first-order valence-corrected chi connectivity index (χ1v) is 13.7. The highest BCUT2D eigenvalue weighted by atomic mass is 35.5. The normalized spacial score (nSPS) is 13.1. The highest BCUT2D eigenvalue weighted by Gasteiger charge is 2.32. The quantitative estimate of drug-likeness (QED) is 0.474. The number of carbonyl (C=O) groups is 2. The van der Waals surface area contributed by atoms with Crippen molar-refractivity contribution in [2.75, 3.05) is 17.1 Å².